The van der Waals surface area contributed by atoms with Crippen LogP contribution in [-0.2, 0) is 26.2 Å². The summed E-state index contributed by atoms with van der Waals surface area (Å²) in [5.74, 6) is -1.95. The Bertz CT molecular complexity index is 1260. The lowest BCUT2D eigenvalue weighted by Gasteiger charge is -2.32. The summed E-state index contributed by atoms with van der Waals surface area (Å²) in [7, 11) is -2.91. The van der Waals surface area contributed by atoms with Gasteiger partial charge in [0, 0.05) is 30.3 Å². The highest BCUT2D eigenvalue weighted by molar-refractivity contribution is 7.92. The van der Waals surface area contributed by atoms with E-state index in [-0.39, 0.29) is 29.6 Å². The van der Waals surface area contributed by atoms with Crippen LogP contribution in [0.1, 0.15) is 32.8 Å². The van der Waals surface area contributed by atoms with Gasteiger partial charge in [-0.25, -0.2) is 12.8 Å². The average Bonchev–Trinajstić information content (AvgIpc) is 2.84. The molecule has 11 nitrogen and oxygen atoms in total. The highest BCUT2D eigenvalue weighted by Gasteiger charge is 2.32. The van der Waals surface area contributed by atoms with Gasteiger partial charge in [0.2, 0.25) is 21.8 Å². The number of nitro benzene ring substituents is 1. The molecule has 2 rings (SSSR count). The third-order valence-electron chi connectivity index (χ3n) is 5.79. The normalized spacial score (nSPS) is 12.8. The largest absolute Gasteiger partial charge is 0.495 e. The lowest BCUT2D eigenvalue weighted by Crippen LogP contribution is -2.52. The first kappa shape index (κ1) is 29.5. The average molecular weight is 539 g/mol. The Morgan fingerprint density at radius 3 is 2.38 bits per heavy atom. The van der Waals surface area contributed by atoms with Crippen molar-refractivity contribution in [1.82, 2.24) is 10.2 Å². The van der Waals surface area contributed by atoms with E-state index >= 15 is 0 Å². The number of nitrogens with one attached hydrogen (secondary N) is 1. The summed E-state index contributed by atoms with van der Waals surface area (Å²) in [5.41, 5.74) is -0.519. The number of hydrogen-bond donors (Lipinski definition) is 1. The van der Waals surface area contributed by atoms with Crippen molar-refractivity contribution in [2.45, 2.75) is 45.8 Å². The summed E-state index contributed by atoms with van der Waals surface area (Å²) >= 11 is 0. The topological polar surface area (TPSA) is 139 Å². The van der Waals surface area contributed by atoms with Gasteiger partial charge in [0.1, 0.15) is 29.8 Å². The molecule has 2 aromatic rings. The van der Waals surface area contributed by atoms with E-state index in [4.69, 9.17) is 4.74 Å². The van der Waals surface area contributed by atoms with Crippen molar-refractivity contribution in [3.05, 3.63) is 64.0 Å². The van der Waals surface area contributed by atoms with Gasteiger partial charge in [-0.1, -0.05) is 25.1 Å². The van der Waals surface area contributed by atoms with Gasteiger partial charge in [-0.3, -0.25) is 24.0 Å². The van der Waals surface area contributed by atoms with Crippen LogP contribution in [0, 0.1) is 15.9 Å². The number of benzene rings is 2. The Kier molecular flexibility index (Phi) is 9.95. The molecule has 0 spiro atoms. The van der Waals surface area contributed by atoms with Crippen molar-refractivity contribution in [1.29, 1.82) is 0 Å². The number of non-ortho nitro benzene ring substituents is 1. The van der Waals surface area contributed by atoms with Crippen LogP contribution in [0.4, 0.5) is 15.8 Å². The van der Waals surface area contributed by atoms with Crippen LogP contribution in [-0.4, -0.2) is 62.0 Å². The predicted octanol–water partition coefficient (Wildman–Crippen LogP) is 2.84. The van der Waals surface area contributed by atoms with Crippen LogP contribution in [0.3, 0.4) is 0 Å². The molecule has 2 atom stereocenters. The van der Waals surface area contributed by atoms with Crippen molar-refractivity contribution < 1.29 is 32.1 Å². The van der Waals surface area contributed by atoms with Gasteiger partial charge in [0.25, 0.3) is 5.69 Å². The van der Waals surface area contributed by atoms with Crippen LogP contribution >= 0.6 is 0 Å². The lowest BCUT2D eigenvalue weighted by atomic mass is 10.1. The molecule has 0 bridgehead atoms. The number of sulfonamides is 1. The highest BCUT2D eigenvalue weighted by atomic mass is 32.2. The van der Waals surface area contributed by atoms with E-state index in [1.54, 1.807) is 13.0 Å². The van der Waals surface area contributed by atoms with Gasteiger partial charge in [-0.05, 0) is 32.4 Å². The van der Waals surface area contributed by atoms with Gasteiger partial charge in [-0.2, -0.15) is 0 Å². The van der Waals surface area contributed by atoms with Crippen molar-refractivity contribution in [2.75, 3.05) is 24.2 Å². The fraction of sp³-hybridized carbons (Fsp3) is 0.417. The van der Waals surface area contributed by atoms with Crippen LogP contribution in [0.2, 0.25) is 0 Å². The molecule has 0 aliphatic carbocycles. The minimum atomic E-state index is -4.16. The number of methoxy groups -OCH3 is 1. The zero-order chi connectivity index (χ0) is 27.9. The standard InChI is InChI=1S/C24H31FN4O7S/c1-6-16(2)26-24(31)17(3)27(14-18-9-7-8-10-20(18)25)23(30)15-28(37(5,34)35)21-13-19(29(32)33)11-12-22(21)36-4/h7-13,16-17H,6,14-15H2,1-5H3,(H,26,31)/t16-,17-/m0/s1. The maximum Gasteiger partial charge on any atom is 0.271 e. The fourth-order valence-corrected chi connectivity index (χ4v) is 4.28. The number of carbonyl (C=O) groups excluding carboxylic acids is 2. The first-order valence-electron chi connectivity index (χ1n) is 11.4. The second-order valence-corrected chi connectivity index (χ2v) is 10.4. The minimum absolute atomic E-state index is 0.0213. The van der Waals surface area contributed by atoms with Crippen LogP contribution in [0.5, 0.6) is 5.75 Å². The minimum Gasteiger partial charge on any atom is -0.495 e. The van der Waals surface area contributed by atoms with Gasteiger partial charge < -0.3 is 15.0 Å². The second-order valence-electron chi connectivity index (χ2n) is 8.49. The number of halogens is 1. The predicted molar refractivity (Wildman–Crippen MR) is 136 cm³/mol. The Morgan fingerprint density at radius 1 is 1.19 bits per heavy atom. The molecule has 0 aromatic heterocycles. The summed E-state index contributed by atoms with van der Waals surface area (Å²) in [6, 6.07) is 7.76. The molecule has 0 radical (unpaired) electrons. The summed E-state index contributed by atoms with van der Waals surface area (Å²) in [6.07, 6.45) is 1.47. The maximum atomic E-state index is 14.5. The quantitative estimate of drug-likeness (QED) is 0.324. The summed E-state index contributed by atoms with van der Waals surface area (Å²) in [6.45, 7) is 3.98. The zero-order valence-corrected chi connectivity index (χ0v) is 22.1. The molecule has 0 saturated heterocycles. The smallest absolute Gasteiger partial charge is 0.271 e. The van der Waals surface area contributed by atoms with Crippen LogP contribution in [0.25, 0.3) is 0 Å². The molecule has 2 amide bonds. The molecule has 0 heterocycles. The third-order valence-corrected chi connectivity index (χ3v) is 6.91. The maximum absolute atomic E-state index is 14.5. The van der Waals surface area contributed by atoms with E-state index in [1.165, 1.54) is 38.3 Å². The Hall–Kier alpha value is -3.74. The number of anilines is 1. The molecule has 0 aliphatic heterocycles. The van der Waals surface area contributed by atoms with Crippen molar-refractivity contribution >= 4 is 33.2 Å². The Morgan fingerprint density at radius 2 is 1.84 bits per heavy atom. The van der Waals surface area contributed by atoms with Gasteiger partial charge in [-0.15, -0.1) is 0 Å². The lowest BCUT2D eigenvalue weighted by molar-refractivity contribution is -0.384. The third kappa shape index (κ3) is 7.62. The van der Waals surface area contributed by atoms with Crippen molar-refractivity contribution in [3.8, 4) is 5.75 Å². The molecule has 0 unspecified atom stereocenters. The van der Waals surface area contributed by atoms with E-state index in [1.807, 2.05) is 6.92 Å². The SMILES string of the molecule is CC[C@H](C)NC(=O)[C@H](C)N(Cc1ccccc1F)C(=O)CN(c1cc([N+](=O)[O-])ccc1OC)S(C)(=O)=O. The summed E-state index contributed by atoms with van der Waals surface area (Å²) in [5, 5.41) is 14.1. The fourth-order valence-electron chi connectivity index (χ4n) is 3.44. The molecule has 13 heteroatoms. The molecule has 37 heavy (non-hydrogen) atoms. The van der Waals surface area contributed by atoms with E-state index in [0.29, 0.717) is 10.7 Å². The number of nitro groups is 1. The molecule has 0 fully saturated rings. The molecule has 2 aromatic carbocycles. The number of hydrogen-bond acceptors (Lipinski definition) is 7. The Labute approximate surface area is 215 Å². The monoisotopic (exact) mass is 538 g/mol. The first-order valence-corrected chi connectivity index (χ1v) is 13.3. The molecular formula is C24H31FN4O7S. The number of rotatable bonds is 12. The highest BCUT2D eigenvalue weighted by Crippen LogP contribution is 2.34. The van der Waals surface area contributed by atoms with Crippen molar-refractivity contribution in [2.24, 2.45) is 0 Å². The number of nitrogens with zero attached hydrogens (tertiary/aromatic N) is 3. The molecule has 1 N–H and O–H groups in total. The summed E-state index contributed by atoms with van der Waals surface area (Å²) in [4.78, 5) is 38.1. The molecular weight excluding hydrogens is 507 g/mol. The van der Waals surface area contributed by atoms with E-state index in [9.17, 15) is 32.5 Å². The van der Waals surface area contributed by atoms with Gasteiger partial charge in [0.15, 0.2) is 0 Å². The van der Waals surface area contributed by atoms with Crippen molar-refractivity contribution in [3.63, 3.8) is 0 Å². The van der Waals surface area contributed by atoms with Crippen LogP contribution < -0.4 is 14.4 Å². The van der Waals surface area contributed by atoms with E-state index in [2.05, 4.69) is 5.32 Å². The van der Waals surface area contributed by atoms with E-state index in [0.717, 1.165) is 23.3 Å². The Balaban J connectivity index is 2.53. The van der Waals surface area contributed by atoms with Crippen LogP contribution in [0.15, 0.2) is 42.5 Å². The number of amides is 2. The number of carbonyl (C=O) groups is 2. The van der Waals surface area contributed by atoms with Gasteiger partial charge in [0.05, 0.1) is 18.3 Å². The molecule has 0 aliphatic rings. The summed E-state index contributed by atoms with van der Waals surface area (Å²) < 4.78 is 45.8. The molecule has 202 valence electrons. The molecule has 0 saturated carbocycles. The second kappa shape index (κ2) is 12.5. The van der Waals surface area contributed by atoms with E-state index < -0.39 is 50.9 Å². The zero-order valence-electron chi connectivity index (χ0n) is 21.3. The van der Waals surface area contributed by atoms with Gasteiger partial charge >= 0.3 is 0 Å². The first-order chi connectivity index (χ1) is 17.3. The number of ether oxygens (including phenoxy) is 1.